The van der Waals surface area contributed by atoms with E-state index in [-0.39, 0.29) is 5.91 Å². The average molecular weight is 389 g/mol. The van der Waals surface area contributed by atoms with Gasteiger partial charge in [0.05, 0.1) is 24.4 Å². The van der Waals surface area contributed by atoms with Crippen LogP contribution in [-0.2, 0) is 13.1 Å². The number of ether oxygens (including phenoxy) is 1. The van der Waals surface area contributed by atoms with Crippen molar-refractivity contribution in [3.05, 3.63) is 84.0 Å². The molecule has 0 saturated heterocycles. The number of para-hydroxylation sites is 1. The van der Waals surface area contributed by atoms with E-state index in [0.29, 0.717) is 25.4 Å². The maximum Gasteiger partial charge on any atom is 0.268 e. The van der Waals surface area contributed by atoms with E-state index in [2.05, 4.69) is 10.3 Å². The molecule has 0 aliphatic carbocycles. The second-order valence-corrected chi connectivity index (χ2v) is 6.81. The lowest BCUT2D eigenvalue weighted by atomic mass is 10.3. The molecule has 0 spiro atoms. The van der Waals surface area contributed by atoms with E-state index >= 15 is 0 Å². The summed E-state index contributed by atoms with van der Waals surface area (Å²) in [7, 11) is 0. The molecule has 1 N–H and O–H groups in total. The summed E-state index contributed by atoms with van der Waals surface area (Å²) in [6.45, 7) is 3.50. The first-order valence-electron chi connectivity index (χ1n) is 9.66. The first-order valence-corrected chi connectivity index (χ1v) is 9.66. The zero-order valence-electron chi connectivity index (χ0n) is 16.3. The third-order valence-electron chi connectivity index (χ3n) is 4.64. The van der Waals surface area contributed by atoms with Crippen molar-refractivity contribution in [3.63, 3.8) is 0 Å². The van der Waals surface area contributed by atoms with Crippen molar-refractivity contribution in [2.24, 2.45) is 0 Å². The second-order valence-electron chi connectivity index (χ2n) is 6.81. The van der Waals surface area contributed by atoms with Gasteiger partial charge in [0.2, 0.25) is 0 Å². The smallest absolute Gasteiger partial charge is 0.268 e. The highest BCUT2D eigenvalue weighted by Crippen LogP contribution is 2.24. The molecule has 6 nitrogen and oxygen atoms in total. The maximum atomic E-state index is 12.8. The van der Waals surface area contributed by atoms with Crippen LogP contribution in [-0.4, -0.2) is 22.1 Å². The summed E-state index contributed by atoms with van der Waals surface area (Å²) in [6.07, 6.45) is 2.48. The lowest BCUT2D eigenvalue weighted by Crippen LogP contribution is -2.26. The largest absolute Gasteiger partial charge is 0.494 e. The van der Waals surface area contributed by atoms with Gasteiger partial charge in [0.25, 0.3) is 5.91 Å². The number of aryl methyl sites for hydroxylation is 2. The van der Waals surface area contributed by atoms with Crippen molar-refractivity contribution in [2.45, 2.75) is 26.4 Å². The Kier molecular flexibility index (Phi) is 5.61. The quantitative estimate of drug-likeness (QED) is 0.455. The summed E-state index contributed by atoms with van der Waals surface area (Å²) >= 11 is 0. The van der Waals surface area contributed by atoms with Crippen molar-refractivity contribution in [1.29, 1.82) is 0 Å². The minimum atomic E-state index is -0.149. The van der Waals surface area contributed by atoms with Crippen LogP contribution >= 0.6 is 0 Å². The Morgan fingerprint density at radius 3 is 2.76 bits per heavy atom. The van der Waals surface area contributed by atoms with Gasteiger partial charge in [0, 0.05) is 24.9 Å². The summed E-state index contributed by atoms with van der Waals surface area (Å²) in [4.78, 5) is 17.1. The summed E-state index contributed by atoms with van der Waals surface area (Å²) in [5.41, 5.74) is 3.03. The van der Waals surface area contributed by atoms with E-state index in [4.69, 9.17) is 9.15 Å². The van der Waals surface area contributed by atoms with Crippen molar-refractivity contribution in [2.75, 3.05) is 6.61 Å². The molecule has 0 atom stereocenters. The van der Waals surface area contributed by atoms with E-state index in [9.17, 15) is 4.79 Å². The van der Waals surface area contributed by atoms with Crippen LogP contribution in [0, 0.1) is 6.92 Å². The maximum absolute atomic E-state index is 12.8. The van der Waals surface area contributed by atoms with Crippen molar-refractivity contribution in [3.8, 4) is 5.75 Å². The molecule has 0 aliphatic heterocycles. The molecule has 0 aliphatic rings. The highest BCUT2D eigenvalue weighted by atomic mass is 16.5. The van der Waals surface area contributed by atoms with Gasteiger partial charge in [-0.1, -0.05) is 24.3 Å². The van der Waals surface area contributed by atoms with E-state index in [1.807, 2.05) is 66.1 Å². The molecule has 0 fully saturated rings. The number of rotatable bonds is 8. The van der Waals surface area contributed by atoms with Crippen LogP contribution in [0.5, 0.6) is 5.75 Å². The predicted octanol–water partition coefficient (Wildman–Crippen LogP) is 4.34. The fraction of sp³-hybridized carbons (Fsp3) is 0.217. The van der Waals surface area contributed by atoms with Gasteiger partial charge in [-0.3, -0.25) is 9.78 Å². The van der Waals surface area contributed by atoms with Gasteiger partial charge in [-0.05, 0) is 37.6 Å². The number of nitrogens with one attached hydrogen (secondary N) is 1. The molecule has 1 aromatic carbocycles. The zero-order valence-corrected chi connectivity index (χ0v) is 16.3. The first-order chi connectivity index (χ1) is 14.2. The number of amides is 1. The highest BCUT2D eigenvalue weighted by molar-refractivity contribution is 5.97. The van der Waals surface area contributed by atoms with Gasteiger partial charge < -0.3 is 19.0 Å². The van der Waals surface area contributed by atoms with Gasteiger partial charge in [-0.25, -0.2) is 0 Å². The number of pyridine rings is 1. The van der Waals surface area contributed by atoms with Crippen LogP contribution in [0.4, 0.5) is 0 Å². The number of hydrogen-bond donors (Lipinski definition) is 1. The Balaban J connectivity index is 1.45. The van der Waals surface area contributed by atoms with Crippen molar-refractivity contribution in [1.82, 2.24) is 14.9 Å². The SMILES string of the molecule is Cc1cc2c(cc(C(=O)NCc3ccccn3)n2CCCOc2ccccc2)o1. The molecule has 0 radical (unpaired) electrons. The highest BCUT2D eigenvalue weighted by Gasteiger charge is 2.18. The zero-order chi connectivity index (χ0) is 20.1. The number of fused-ring (bicyclic) bond motifs is 1. The van der Waals surface area contributed by atoms with Gasteiger partial charge in [0.15, 0.2) is 5.58 Å². The number of nitrogens with zero attached hydrogens (tertiary/aromatic N) is 2. The normalized spacial score (nSPS) is 10.9. The number of benzene rings is 1. The van der Waals surface area contributed by atoms with Crippen LogP contribution in [0.2, 0.25) is 0 Å². The number of carbonyl (C=O) groups excluding carboxylic acids is 1. The van der Waals surface area contributed by atoms with Crippen molar-refractivity contribution >= 4 is 17.0 Å². The van der Waals surface area contributed by atoms with E-state index < -0.39 is 0 Å². The average Bonchev–Trinajstić information content (AvgIpc) is 3.27. The van der Waals surface area contributed by atoms with Crippen LogP contribution in [0.15, 0.2) is 71.3 Å². The molecule has 0 bridgehead atoms. The lowest BCUT2D eigenvalue weighted by molar-refractivity contribution is 0.0941. The van der Waals surface area contributed by atoms with Gasteiger partial charge in [-0.15, -0.1) is 0 Å². The molecule has 4 aromatic rings. The Morgan fingerprint density at radius 1 is 1.14 bits per heavy atom. The molecular formula is C23H23N3O3. The molecule has 1 amide bonds. The molecular weight excluding hydrogens is 366 g/mol. The summed E-state index contributed by atoms with van der Waals surface area (Å²) < 4.78 is 13.5. The Hall–Kier alpha value is -3.54. The van der Waals surface area contributed by atoms with Gasteiger partial charge >= 0.3 is 0 Å². The molecule has 148 valence electrons. The molecule has 6 heteroatoms. The van der Waals surface area contributed by atoms with E-state index in [0.717, 1.165) is 34.7 Å². The Bertz CT molecular complexity index is 1080. The molecule has 4 rings (SSSR count). The molecule has 0 unspecified atom stereocenters. The monoisotopic (exact) mass is 389 g/mol. The molecule has 29 heavy (non-hydrogen) atoms. The number of carbonyl (C=O) groups is 1. The minimum absolute atomic E-state index is 0.149. The third kappa shape index (κ3) is 4.48. The minimum Gasteiger partial charge on any atom is -0.494 e. The van der Waals surface area contributed by atoms with Gasteiger partial charge in [-0.2, -0.15) is 0 Å². The third-order valence-corrected chi connectivity index (χ3v) is 4.64. The van der Waals surface area contributed by atoms with Gasteiger partial charge in [0.1, 0.15) is 17.2 Å². The standard InChI is InChI=1S/C23H23N3O3/c1-17-14-20-22(29-17)15-21(23(27)25-16-18-8-5-6-11-24-18)26(20)12-7-13-28-19-9-3-2-4-10-19/h2-6,8-11,14-15H,7,12-13,16H2,1H3,(H,25,27). The molecule has 3 aromatic heterocycles. The van der Waals surface area contributed by atoms with Crippen LogP contribution < -0.4 is 10.1 Å². The molecule has 3 heterocycles. The number of aromatic nitrogens is 2. The topological polar surface area (TPSA) is 69.3 Å². The fourth-order valence-corrected chi connectivity index (χ4v) is 3.29. The van der Waals surface area contributed by atoms with E-state index in [1.54, 1.807) is 12.3 Å². The number of furan rings is 1. The van der Waals surface area contributed by atoms with Crippen LogP contribution in [0.3, 0.4) is 0 Å². The summed E-state index contributed by atoms with van der Waals surface area (Å²) in [5.74, 6) is 1.52. The summed E-state index contributed by atoms with van der Waals surface area (Å²) in [5, 5.41) is 2.94. The summed E-state index contributed by atoms with van der Waals surface area (Å²) in [6, 6.07) is 19.1. The fourth-order valence-electron chi connectivity index (χ4n) is 3.29. The molecule has 0 saturated carbocycles. The predicted molar refractivity (Wildman–Crippen MR) is 111 cm³/mol. The van der Waals surface area contributed by atoms with Crippen molar-refractivity contribution < 1.29 is 13.9 Å². The van der Waals surface area contributed by atoms with Crippen LogP contribution in [0.1, 0.15) is 28.4 Å². The van der Waals surface area contributed by atoms with E-state index in [1.165, 1.54) is 0 Å². The second kappa shape index (κ2) is 8.65. The first kappa shape index (κ1) is 18.8. The Morgan fingerprint density at radius 2 is 1.97 bits per heavy atom. The Labute approximate surface area is 169 Å². The lowest BCUT2D eigenvalue weighted by Gasteiger charge is -2.11. The van der Waals surface area contributed by atoms with Crippen LogP contribution in [0.25, 0.3) is 11.1 Å². The number of hydrogen-bond acceptors (Lipinski definition) is 4.